The third-order valence-electron chi connectivity index (χ3n) is 5.41. The second-order valence-electron chi connectivity index (χ2n) is 7.16. The van der Waals surface area contributed by atoms with E-state index in [9.17, 15) is 4.79 Å². The Kier molecular flexibility index (Phi) is 3.97. The zero-order chi connectivity index (χ0) is 18.4. The van der Waals surface area contributed by atoms with E-state index in [1.54, 1.807) is 11.3 Å². The topological polar surface area (TPSA) is 46.3 Å². The molecule has 0 unspecified atom stereocenters. The van der Waals surface area contributed by atoms with Crippen molar-refractivity contribution in [3.05, 3.63) is 64.9 Å². The largest absolute Gasteiger partial charge is 0.451 e. The number of amides is 1. The van der Waals surface area contributed by atoms with E-state index in [-0.39, 0.29) is 5.91 Å². The van der Waals surface area contributed by atoms with Gasteiger partial charge in [-0.15, -0.1) is 11.3 Å². The van der Waals surface area contributed by atoms with Crippen LogP contribution in [-0.4, -0.2) is 28.9 Å². The lowest BCUT2D eigenvalue weighted by Gasteiger charge is -2.31. The van der Waals surface area contributed by atoms with Crippen LogP contribution in [0.2, 0.25) is 0 Å². The molecule has 1 aliphatic heterocycles. The number of carbonyl (C=O) groups excluding carboxylic acids is 1. The van der Waals surface area contributed by atoms with Gasteiger partial charge in [0.1, 0.15) is 5.58 Å². The molecule has 4 aromatic rings. The van der Waals surface area contributed by atoms with E-state index >= 15 is 0 Å². The number of hydrogen-bond donors (Lipinski definition) is 0. The molecule has 0 spiro atoms. The standard InChI is InChI=1S/C22H20N2O2S/c1-14-16-8-2-4-10-18(16)26-20(14)22(25)24-12-6-7-15(13-24)21-23-17-9-3-5-11-19(17)27-21/h2-5,8-11,15H,6-7,12-13H2,1H3/t15-/m0/s1. The lowest BCUT2D eigenvalue weighted by atomic mass is 9.98. The van der Waals surface area contributed by atoms with Gasteiger partial charge in [-0.1, -0.05) is 30.3 Å². The van der Waals surface area contributed by atoms with E-state index in [4.69, 9.17) is 9.40 Å². The maximum absolute atomic E-state index is 13.2. The number of benzene rings is 2. The molecule has 27 heavy (non-hydrogen) atoms. The molecule has 2 aromatic heterocycles. The minimum Gasteiger partial charge on any atom is -0.451 e. The minimum atomic E-state index is -0.00508. The number of para-hydroxylation sites is 2. The second kappa shape index (κ2) is 6.50. The molecule has 5 heteroatoms. The van der Waals surface area contributed by atoms with Crippen LogP contribution in [0.15, 0.2) is 52.9 Å². The maximum Gasteiger partial charge on any atom is 0.289 e. The molecule has 5 rings (SSSR count). The van der Waals surface area contributed by atoms with Gasteiger partial charge >= 0.3 is 0 Å². The molecule has 1 amide bonds. The summed E-state index contributed by atoms with van der Waals surface area (Å²) in [7, 11) is 0. The molecule has 0 aliphatic carbocycles. The van der Waals surface area contributed by atoms with Crippen LogP contribution in [0.3, 0.4) is 0 Å². The average Bonchev–Trinajstić information content (AvgIpc) is 3.29. The first-order chi connectivity index (χ1) is 13.2. The number of rotatable bonds is 2. The van der Waals surface area contributed by atoms with Crippen molar-refractivity contribution in [2.45, 2.75) is 25.7 Å². The van der Waals surface area contributed by atoms with Gasteiger partial charge in [-0.05, 0) is 38.0 Å². The van der Waals surface area contributed by atoms with Crippen LogP contribution in [-0.2, 0) is 0 Å². The summed E-state index contributed by atoms with van der Waals surface area (Å²) in [6, 6.07) is 16.1. The summed E-state index contributed by atoms with van der Waals surface area (Å²) in [4.78, 5) is 19.9. The SMILES string of the molecule is Cc1c(C(=O)N2CCC[C@H](c3nc4ccccc4s3)C2)oc2ccccc12. The molecule has 1 saturated heterocycles. The molecule has 3 heterocycles. The normalized spacial score (nSPS) is 17.7. The van der Waals surface area contributed by atoms with Gasteiger partial charge in [0.05, 0.1) is 15.2 Å². The first-order valence-corrected chi connectivity index (χ1v) is 10.2. The molecule has 0 bridgehead atoms. The van der Waals surface area contributed by atoms with Gasteiger partial charge < -0.3 is 9.32 Å². The van der Waals surface area contributed by atoms with Crippen LogP contribution < -0.4 is 0 Å². The summed E-state index contributed by atoms with van der Waals surface area (Å²) in [5.74, 6) is 0.764. The fraction of sp³-hybridized carbons (Fsp3) is 0.273. The summed E-state index contributed by atoms with van der Waals surface area (Å²) < 4.78 is 7.11. The van der Waals surface area contributed by atoms with Crippen molar-refractivity contribution in [2.24, 2.45) is 0 Å². The first-order valence-electron chi connectivity index (χ1n) is 9.33. The third-order valence-corrected chi connectivity index (χ3v) is 6.61. The van der Waals surface area contributed by atoms with E-state index in [0.717, 1.165) is 46.4 Å². The highest BCUT2D eigenvalue weighted by Gasteiger charge is 2.30. The number of hydrogen-bond acceptors (Lipinski definition) is 4. The first kappa shape index (κ1) is 16.5. The van der Waals surface area contributed by atoms with Gasteiger partial charge in [-0.3, -0.25) is 4.79 Å². The van der Waals surface area contributed by atoms with Gasteiger partial charge in [0.2, 0.25) is 0 Å². The number of aromatic nitrogens is 1. The molecule has 0 saturated carbocycles. The molecule has 2 aromatic carbocycles. The Balaban J connectivity index is 1.43. The van der Waals surface area contributed by atoms with Gasteiger partial charge in [0.15, 0.2) is 5.76 Å². The molecule has 1 fully saturated rings. The smallest absolute Gasteiger partial charge is 0.289 e. The highest BCUT2D eigenvalue weighted by molar-refractivity contribution is 7.18. The van der Waals surface area contributed by atoms with Gasteiger partial charge in [0.25, 0.3) is 5.91 Å². The zero-order valence-corrected chi connectivity index (χ0v) is 16.0. The minimum absolute atomic E-state index is 0.00508. The molecular weight excluding hydrogens is 356 g/mol. The van der Waals surface area contributed by atoms with Crippen LogP contribution in [0.5, 0.6) is 0 Å². The molecule has 136 valence electrons. The van der Waals surface area contributed by atoms with Crippen LogP contribution in [0.1, 0.15) is 39.9 Å². The van der Waals surface area contributed by atoms with Gasteiger partial charge in [0, 0.05) is 30.0 Å². The molecule has 0 N–H and O–H groups in total. The summed E-state index contributed by atoms with van der Waals surface area (Å²) in [5.41, 5.74) is 2.75. The van der Waals surface area contributed by atoms with E-state index in [1.165, 1.54) is 4.70 Å². The number of fused-ring (bicyclic) bond motifs is 2. The number of nitrogens with zero attached hydrogens (tertiary/aromatic N) is 2. The van der Waals surface area contributed by atoms with Crippen molar-refractivity contribution in [1.29, 1.82) is 0 Å². The van der Waals surface area contributed by atoms with Crippen molar-refractivity contribution >= 4 is 38.4 Å². The number of piperidine rings is 1. The predicted molar refractivity (Wildman–Crippen MR) is 108 cm³/mol. The predicted octanol–water partition coefficient (Wildman–Crippen LogP) is 5.37. The van der Waals surface area contributed by atoms with Crippen LogP contribution in [0, 0.1) is 6.92 Å². The van der Waals surface area contributed by atoms with Crippen molar-refractivity contribution in [1.82, 2.24) is 9.88 Å². The van der Waals surface area contributed by atoms with E-state index in [0.29, 0.717) is 18.2 Å². The van der Waals surface area contributed by atoms with Crippen LogP contribution >= 0.6 is 11.3 Å². The Morgan fingerprint density at radius 3 is 2.85 bits per heavy atom. The fourth-order valence-corrected chi connectivity index (χ4v) is 5.04. The van der Waals surface area contributed by atoms with Crippen molar-refractivity contribution in [3.8, 4) is 0 Å². The van der Waals surface area contributed by atoms with Crippen molar-refractivity contribution in [2.75, 3.05) is 13.1 Å². The summed E-state index contributed by atoms with van der Waals surface area (Å²) >= 11 is 1.75. The highest BCUT2D eigenvalue weighted by Crippen LogP contribution is 2.34. The Hall–Kier alpha value is -2.66. The molecule has 1 atom stereocenters. The average molecular weight is 376 g/mol. The third kappa shape index (κ3) is 2.82. The summed E-state index contributed by atoms with van der Waals surface area (Å²) in [6.07, 6.45) is 2.06. The number of furan rings is 1. The molecular formula is C22H20N2O2S. The molecule has 1 aliphatic rings. The lowest BCUT2D eigenvalue weighted by molar-refractivity contribution is 0.0676. The van der Waals surface area contributed by atoms with Crippen LogP contribution in [0.4, 0.5) is 0 Å². The summed E-state index contributed by atoms with van der Waals surface area (Å²) in [6.45, 7) is 3.44. The Morgan fingerprint density at radius 1 is 1.19 bits per heavy atom. The van der Waals surface area contributed by atoms with E-state index in [2.05, 4.69) is 12.1 Å². The van der Waals surface area contributed by atoms with Crippen molar-refractivity contribution in [3.63, 3.8) is 0 Å². The Labute approximate surface area is 161 Å². The zero-order valence-electron chi connectivity index (χ0n) is 15.1. The monoisotopic (exact) mass is 376 g/mol. The Morgan fingerprint density at radius 2 is 2.00 bits per heavy atom. The van der Waals surface area contributed by atoms with E-state index < -0.39 is 0 Å². The van der Waals surface area contributed by atoms with Gasteiger partial charge in [-0.25, -0.2) is 4.98 Å². The summed E-state index contributed by atoms with van der Waals surface area (Å²) in [5, 5.41) is 2.15. The second-order valence-corrected chi connectivity index (χ2v) is 8.22. The highest BCUT2D eigenvalue weighted by atomic mass is 32.1. The lowest BCUT2D eigenvalue weighted by Crippen LogP contribution is -2.39. The fourth-order valence-electron chi connectivity index (χ4n) is 3.95. The Bertz CT molecular complexity index is 1110. The number of aryl methyl sites for hydroxylation is 1. The van der Waals surface area contributed by atoms with Crippen LogP contribution in [0.25, 0.3) is 21.2 Å². The van der Waals surface area contributed by atoms with E-state index in [1.807, 2.05) is 48.2 Å². The molecule has 4 nitrogen and oxygen atoms in total. The number of carbonyl (C=O) groups is 1. The number of thiazole rings is 1. The van der Waals surface area contributed by atoms with Crippen molar-refractivity contribution < 1.29 is 9.21 Å². The number of likely N-dealkylation sites (tertiary alicyclic amines) is 1. The van der Waals surface area contributed by atoms with Gasteiger partial charge in [-0.2, -0.15) is 0 Å². The maximum atomic E-state index is 13.2. The quantitative estimate of drug-likeness (QED) is 0.472. The molecule has 0 radical (unpaired) electrons.